The minimum Gasteiger partial charge on any atom is -0.384 e. The number of anilines is 1. The van der Waals surface area contributed by atoms with E-state index in [-0.39, 0.29) is 29.2 Å². The second kappa shape index (κ2) is 7.97. The van der Waals surface area contributed by atoms with E-state index >= 15 is 0 Å². The Morgan fingerprint density at radius 3 is 2.73 bits per heavy atom. The minimum atomic E-state index is -0.507. The van der Waals surface area contributed by atoms with Gasteiger partial charge in [0.1, 0.15) is 0 Å². The van der Waals surface area contributed by atoms with Crippen LogP contribution in [0.2, 0.25) is 0 Å². The Labute approximate surface area is 151 Å². The van der Waals surface area contributed by atoms with Crippen LogP contribution in [0.4, 0.5) is 11.4 Å². The van der Waals surface area contributed by atoms with Crippen LogP contribution in [0.25, 0.3) is 0 Å². The Kier molecular flexibility index (Phi) is 5.48. The first-order chi connectivity index (χ1) is 12.6. The molecule has 2 unspecified atom stereocenters. The van der Waals surface area contributed by atoms with Crippen molar-refractivity contribution >= 4 is 17.3 Å². The van der Waals surface area contributed by atoms with Gasteiger partial charge in [-0.3, -0.25) is 14.9 Å². The summed E-state index contributed by atoms with van der Waals surface area (Å²) in [7, 11) is 1.50. The molecule has 2 N–H and O–H groups in total. The molecule has 0 aromatic heterocycles. The Morgan fingerprint density at radius 1 is 1.27 bits per heavy atom. The first-order valence-electron chi connectivity index (χ1n) is 8.51. The number of non-ortho nitro benzene ring substituents is 1. The summed E-state index contributed by atoms with van der Waals surface area (Å²) in [6.07, 6.45) is 0.916. The average Bonchev–Trinajstić information content (AvgIpc) is 3.14. The van der Waals surface area contributed by atoms with Crippen molar-refractivity contribution in [3.63, 3.8) is 0 Å². The summed E-state index contributed by atoms with van der Waals surface area (Å²) in [4.78, 5) is 22.6. The van der Waals surface area contributed by atoms with Crippen LogP contribution < -0.4 is 10.6 Å². The molecule has 1 heterocycles. The zero-order chi connectivity index (χ0) is 18.5. The lowest BCUT2D eigenvalue weighted by Gasteiger charge is -2.20. The third kappa shape index (κ3) is 3.83. The number of nitro groups is 1. The Morgan fingerprint density at radius 2 is 2.04 bits per heavy atom. The summed E-state index contributed by atoms with van der Waals surface area (Å²) >= 11 is 0. The number of carbonyl (C=O) groups excluding carboxylic acids is 1. The number of nitro benzene ring substituents is 1. The second-order valence-corrected chi connectivity index (χ2v) is 6.20. The van der Waals surface area contributed by atoms with Crippen molar-refractivity contribution in [3.05, 3.63) is 69.8 Å². The highest BCUT2D eigenvalue weighted by Gasteiger charge is 2.29. The molecule has 3 rings (SSSR count). The molecular formula is C19H21N3O4. The fraction of sp³-hybridized carbons (Fsp3) is 0.316. The number of hydrogen-bond acceptors (Lipinski definition) is 5. The van der Waals surface area contributed by atoms with E-state index in [2.05, 4.69) is 10.6 Å². The number of benzene rings is 2. The second-order valence-electron chi connectivity index (χ2n) is 6.20. The van der Waals surface area contributed by atoms with Crippen molar-refractivity contribution in [1.29, 1.82) is 0 Å². The summed E-state index contributed by atoms with van der Waals surface area (Å²) in [5.41, 5.74) is 1.86. The van der Waals surface area contributed by atoms with Crippen molar-refractivity contribution in [1.82, 2.24) is 5.32 Å². The van der Waals surface area contributed by atoms with E-state index in [1.54, 1.807) is 6.07 Å². The van der Waals surface area contributed by atoms with Crippen molar-refractivity contribution in [2.45, 2.75) is 12.5 Å². The SMILES string of the molecule is CNC(=O)c1cc([N+](=O)[O-])ccc1NCC1CCOC1c1ccccc1. The van der Waals surface area contributed by atoms with Gasteiger partial charge in [0.2, 0.25) is 0 Å². The van der Waals surface area contributed by atoms with Gasteiger partial charge < -0.3 is 15.4 Å². The van der Waals surface area contributed by atoms with Crippen LogP contribution in [0.5, 0.6) is 0 Å². The number of carbonyl (C=O) groups is 1. The number of hydrogen-bond donors (Lipinski definition) is 2. The van der Waals surface area contributed by atoms with E-state index in [0.29, 0.717) is 18.8 Å². The van der Waals surface area contributed by atoms with Crippen LogP contribution in [0.3, 0.4) is 0 Å². The van der Waals surface area contributed by atoms with Crippen molar-refractivity contribution < 1.29 is 14.5 Å². The summed E-state index contributed by atoms with van der Waals surface area (Å²) in [5.74, 6) is -0.108. The molecule has 0 aliphatic carbocycles. The number of ether oxygens (including phenoxy) is 1. The van der Waals surface area contributed by atoms with E-state index in [9.17, 15) is 14.9 Å². The molecule has 0 saturated carbocycles. The third-order valence-corrected chi connectivity index (χ3v) is 4.58. The maximum atomic E-state index is 12.1. The van der Waals surface area contributed by atoms with Gasteiger partial charge in [0.15, 0.2) is 0 Å². The number of amides is 1. The highest BCUT2D eigenvalue weighted by atomic mass is 16.6. The van der Waals surface area contributed by atoms with Crippen LogP contribution in [0.15, 0.2) is 48.5 Å². The molecule has 7 nitrogen and oxygen atoms in total. The Hall–Kier alpha value is -2.93. The molecule has 2 atom stereocenters. The minimum absolute atomic E-state index is 0.00481. The maximum absolute atomic E-state index is 12.1. The highest BCUT2D eigenvalue weighted by Crippen LogP contribution is 2.35. The van der Waals surface area contributed by atoms with Crippen molar-refractivity contribution in [2.75, 3.05) is 25.5 Å². The number of nitrogens with zero attached hydrogens (tertiary/aromatic N) is 1. The maximum Gasteiger partial charge on any atom is 0.270 e. The predicted molar refractivity (Wildman–Crippen MR) is 98.2 cm³/mol. The predicted octanol–water partition coefficient (Wildman–Crippen LogP) is 3.14. The largest absolute Gasteiger partial charge is 0.384 e. The molecule has 2 aromatic carbocycles. The quantitative estimate of drug-likeness (QED) is 0.613. The van der Waals surface area contributed by atoms with Gasteiger partial charge in [-0.25, -0.2) is 0 Å². The first-order valence-corrected chi connectivity index (χ1v) is 8.51. The molecule has 1 amide bonds. The van der Waals surface area contributed by atoms with E-state index in [4.69, 9.17) is 4.74 Å². The zero-order valence-corrected chi connectivity index (χ0v) is 14.5. The lowest BCUT2D eigenvalue weighted by Crippen LogP contribution is -2.22. The van der Waals surface area contributed by atoms with Gasteiger partial charge in [-0.05, 0) is 18.1 Å². The summed E-state index contributed by atoms with van der Waals surface area (Å²) < 4.78 is 5.88. The van der Waals surface area contributed by atoms with E-state index in [0.717, 1.165) is 12.0 Å². The lowest BCUT2D eigenvalue weighted by atomic mass is 9.95. The van der Waals surface area contributed by atoms with Crippen LogP contribution in [0, 0.1) is 16.0 Å². The molecule has 0 radical (unpaired) electrons. The molecule has 26 heavy (non-hydrogen) atoms. The van der Waals surface area contributed by atoms with Gasteiger partial charge in [-0.2, -0.15) is 0 Å². The average molecular weight is 355 g/mol. The number of rotatable bonds is 6. The van der Waals surface area contributed by atoms with Gasteiger partial charge in [0.25, 0.3) is 11.6 Å². The molecule has 1 aliphatic rings. The van der Waals surface area contributed by atoms with E-state index in [1.165, 1.54) is 19.2 Å². The third-order valence-electron chi connectivity index (χ3n) is 4.58. The van der Waals surface area contributed by atoms with Crippen LogP contribution in [0.1, 0.15) is 28.4 Å². The first kappa shape index (κ1) is 17.9. The molecule has 136 valence electrons. The Bertz CT molecular complexity index is 795. The molecule has 0 spiro atoms. The molecule has 1 saturated heterocycles. The molecule has 7 heteroatoms. The molecule has 2 aromatic rings. The monoisotopic (exact) mass is 355 g/mol. The summed E-state index contributed by atoms with van der Waals surface area (Å²) in [6, 6.07) is 14.3. The highest BCUT2D eigenvalue weighted by molar-refractivity contribution is 6.00. The normalized spacial score (nSPS) is 19.1. The fourth-order valence-electron chi connectivity index (χ4n) is 3.22. The van der Waals surface area contributed by atoms with E-state index in [1.807, 2.05) is 30.3 Å². The molecule has 1 fully saturated rings. The van der Waals surface area contributed by atoms with Crippen LogP contribution in [-0.2, 0) is 4.74 Å². The van der Waals surface area contributed by atoms with Gasteiger partial charge in [-0.1, -0.05) is 30.3 Å². The Balaban J connectivity index is 1.76. The topological polar surface area (TPSA) is 93.5 Å². The van der Waals surface area contributed by atoms with Gasteiger partial charge in [0, 0.05) is 43.9 Å². The lowest BCUT2D eigenvalue weighted by molar-refractivity contribution is -0.384. The standard InChI is InChI=1S/C19H21N3O4/c1-20-19(23)16-11-15(22(24)25)7-8-17(16)21-12-14-9-10-26-18(14)13-5-3-2-4-6-13/h2-8,11,14,18,21H,9-10,12H2,1H3,(H,20,23). The molecule has 0 bridgehead atoms. The van der Waals surface area contributed by atoms with Crippen LogP contribution in [-0.4, -0.2) is 31.0 Å². The van der Waals surface area contributed by atoms with Crippen molar-refractivity contribution in [2.24, 2.45) is 5.92 Å². The van der Waals surface area contributed by atoms with Gasteiger partial charge in [0.05, 0.1) is 16.6 Å². The van der Waals surface area contributed by atoms with E-state index < -0.39 is 4.92 Å². The fourth-order valence-corrected chi connectivity index (χ4v) is 3.22. The smallest absolute Gasteiger partial charge is 0.270 e. The summed E-state index contributed by atoms with van der Waals surface area (Å²) in [5, 5.41) is 16.8. The number of nitrogens with one attached hydrogen (secondary N) is 2. The van der Waals surface area contributed by atoms with Crippen molar-refractivity contribution in [3.8, 4) is 0 Å². The molecule has 1 aliphatic heterocycles. The molecular weight excluding hydrogens is 334 g/mol. The van der Waals surface area contributed by atoms with Gasteiger partial charge in [-0.15, -0.1) is 0 Å². The van der Waals surface area contributed by atoms with Gasteiger partial charge >= 0.3 is 0 Å². The zero-order valence-electron chi connectivity index (χ0n) is 14.5. The van der Waals surface area contributed by atoms with Crippen LogP contribution >= 0.6 is 0 Å². The summed E-state index contributed by atoms with van der Waals surface area (Å²) in [6.45, 7) is 1.30.